The van der Waals surface area contributed by atoms with Gasteiger partial charge >= 0.3 is 0 Å². The number of thioether (sulfide) groups is 1. The molecule has 0 nitrogen and oxygen atoms in total. The Morgan fingerprint density at radius 3 is 2.78 bits per heavy atom. The maximum Gasteiger partial charge on any atom is 0.00888 e. The van der Waals surface area contributed by atoms with Crippen molar-refractivity contribution in [3.05, 3.63) is 6.26 Å². The maximum atomic E-state index is 3.68. The summed E-state index contributed by atoms with van der Waals surface area (Å²) >= 11 is 1.66. The van der Waals surface area contributed by atoms with E-state index in [1.807, 2.05) is 6.92 Å². The molecule has 0 aromatic heterocycles. The quantitative estimate of drug-likeness (QED) is 0.428. The van der Waals surface area contributed by atoms with Crippen LogP contribution in [0.15, 0.2) is 0 Å². The average molecular weight is 141 g/mol. The first-order valence-corrected chi connectivity index (χ1v) is 4.34. The van der Waals surface area contributed by atoms with Gasteiger partial charge < -0.3 is 0 Å². The fraction of sp³-hybridized carbons (Fsp3) is 0.625. The van der Waals surface area contributed by atoms with Crippen LogP contribution in [0.25, 0.3) is 0 Å². The van der Waals surface area contributed by atoms with Crippen LogP contribution in [0, 0.1) is 18.1 Å². The lowest BCUT2D eigenvalue weighted by Crippen LogP contribution is -1.76. The van der Waals surface area contributed by atoms with E-state index >= 15 is 0 Å². The molecule has 0 atom stereocenters. The molecule has 0 rings (SSSR count). The van der Waals surface area contributed by atoms with Crippen LogP contribution < -0.4 is 0 Å². The second-order valence-corrected chi connectivity index (χ2v) is 2.61. The largest absolute Gasteiger partial charge is 0.161 e. The molecule has 0 amide bonds. The van der Waals surface area contributed by atoms with Gasteiger partial charge in [0.15, 0.2) is 0 Å². The smallest absolute Gasteiger partial charge is 0.00888 e. The summed E-state index contributed by atoms with van der Waals surface area (Å²) in [6, 6.07) is 0. The van der Waals surface area contributed by atoms with Crippen molar-refractivity contribution in [2.24, 2.45) is 0 Å². The Bertz CT molecular complexity index is 96.9. The third-order valence-corrected chi connectivity index (χ3v) is 1.59. The van der Waals surface area contributed by atoms with Crippen molar-refractivity contribution >= 4 is 11.8 Å². The van der Waals surface area contributed by atoms with Crippen molar-refractivity contribution in [2.45, 2.75) is 26.2 Å². The summed E-state index contributed by atoms with van der Waals surface area (Å²) in [4.78, 5) is 0. The van der Waals surface area contributed by atoms with Gasteiger partial charge in [-0.1, -0.05) is 0 Å². The number of hydrogen-bond donors (Lipinski definition) is 0. The first-order chi connectivity index (χ1) is 4.41. The van der Waals surface area contributed by atoms with Crippen molar-refractivity contribution in [1.82, 2.24) is 0 Å². The van der Waals surface area contributed by atoms with Gasteiger partial charge in [-0.25, -0.2) is 0 Å². The maximum absolute atomic E-state index is 3.68. The Kier molecular flexibility index (Phi) is 7.83. The van der Waals surface area contributed by atoms with Crippen LogP contribution in [0.3, 0.4) is 0 Å². The standard InChI is InChI=1S/C8H13S/c1-3-4-5-6-7-8-9-2/h2,5-8H2,1H3. The SMILES string of the molecule is [CH2]SCCCCC#CC. The van der Waals surface area contributed by atoms with Gasteiger partial charge in [0.25, 0.3) is 0 Å². The summed E-state index contributed by atoms with van der Waals surface area (Å²) in [6.45, 7) is 1.89. The Morgan fingerprint density at radius 1 is 1.44 bits per heavy atom. The molecule has 0 spiro atoms. The average Bonchev–Trinajstić information content (AvgIpc) is 1.89. The molecule has 0 saturated carbocycles. The van der Waals surface area contributed by atoms with Gasteiger partial charge in [0.05, 0.1) is 0 Å². The molecule has 0 aliphatic rings. The molecule has 0 saturated heterocycles. The third-order valence-electron chi connectivity index (χ3n) is 1.02. The first kappa shape index (κ1) is 8.91. The molecule has 1 heteroatoms. The lowest BCUT2D eigenvalue weighted by Gasteiger charge is -1.90. The van der Waals surface area contributed by atoms with Crippen LogP contribution in [-0.4, -0.2) is 5.75 Å². The molecule has 0 bridgehead atoms. The monoisotopic (exact) mass is 141 g/mol. The predicted molar refractivity (Wildman–Crippen MR) is 45.1 cm³/mol. The van der Waals surface area contributed by atoms with Gasteiger partial charge in [-0.15, -0.1) is 11.8 Å². The lowest BCUT2D eigenvalue weighted by molar-refractivity contribution is 0.837. The van der Waals surface area contributed by atoms with Crippen molar-refractivity contribution in [2.75, 3.05) is 5.75 Å². The summed E-state index contributed by atoms with van der Waals surface area (Å²) in [7, 11) is 0. The Morgan fingerprint density at radius 2 is 2.22 bits per heavy atom. The summed E-state index contributed by atoms with van der Waals surface area (Å²) in [5.74, 6) is 7.07. The van der Waals surface area contributed by atoms with E-state index in [0.29, 0.717) is 0 Å². The zero-order chi connectivity index (χ0) is 6.95. The molecular formula is C8H13S. The zero-order valence-corrected chi connectivity index (χ0v) is 6.76. The highest BCUT2D eigenvalue weighted by Gasteiger charge is 1.82. The molecule has 0 aliphatic carbocycles. The summed E-state index contributed by atoms with van der Waals surface area (Å²) in [5.41, 5.74) is 0. The van der Waals surface area contributed by atoms with Crippen LogP contribution in [0.5, 0.6) is 0 Å². The van der Waals surface area contributed by atoms with E-state index in [2.05, 4.69) is 18.1 Å². The van der Waals surface area contributed by atoms with Gasteiger partial charge in [-0.2, -0.15) is 11.8 Å². The topological polar surface area (TPSA) is 0 Å². The summed E-state index contributed by atoms with van der Waals surface area (Å²) in [6.07, 6.45) is 7.22. The molecule has 9 heavy (non-hydrogen) atoms. The van der Waals surface area contributed by atoms with Crippen LogP contribution in [0.1, 0.15) is 26.2 Å². The predicted octanol–water partition coefficient (Wildman–Crippen LogP) is 2.70. The van der Waals surface area contributed by atoms with Gasteiger partial charge in [0.1, 0.15) is 0 Å². The Balaban J connectivity index is 2.80. The minimum absolute atomic E-state index is 1.05. The molecule has 0 fully saturated rings. The van der Waals surface area contributed by atoms with Gasteiger partial charge in [-0.05, 0) is 25.5 Å². The molecule has 0 aromatic carbocycles. The van der Waals surface area contributed by atoms with E-state index < -0.39 is 0 Å². The van der Waals surface area contributed by atoms with Crippen molar-refractivity contribution in [3.63, 3.8) is 0 Å². The van der Waals surface area contributed by atoms with E-state index in [9.17, 15) is 0 Å². The van der Waals surface area contributed by atoms with E-state index in [1.165, 1.54) is 18.6 Å². The minimum atomic E-state index is 1.05. The Labute approximate surface area is 62.4 Å². The number of hydrogen-bond acceptors (Lipinski definition) is 1. The van der Waals surface area contributed by atoms with Gasteiger partial charge in [0.2, 0.25) is 0 Å². The first-order valence-electron chi connectivity index (χ1n) is 3.18. The molecule has 1 radical (unpaired) electrons. The highest BCUT2D eigenvalue weighted by atomic mass is 32.2. The van der Waals surface area contributed by atoms with Gasteiger partial charge in [-0.3, -0.25) is 0 Å². The van der Waals surface area contributed by atoms with E-state index in [4.69, 9.17) is 0 Å². The molecule has 51 valence electrons. The molecule has 0 unspecified atom stereocenters. The highest BCUT2D eigenvalue weighted by molar-refractivity contribution is 8.00. The summed E-state index contributed by atoms with van der Waals surface area (Å²) < 4.78 is 0. The minimum Gasteiger partial charge on any atom is -0.161 e. The molecule has 0 aromatic rings. The van der Waals surface area contributed by atoms with Crippen LogP contribution in [-0.2, 0) is 0 Å². The van der Waals surface area contributed by atoms with Crippen molar-refractivity contribution in [1.29, 1.82) is 0 Å². The normalized spacial score (nSPS) is 8.22. The molecule has 0 heterocycles. The van der Waals surface area contributed by atoms with E-state index in [-0.39, 0.29) is 0 Å². The van der Waals surface area contributed by atoms with Crippen molar-refractivity contribution < 1.29 is 0 Å². The van der Waals surface area contributed by atoms with E-state index in [0.717, 1.165) is 6.42 Å². The molecule has 0 N–H and O–H groups in total. The number of unbranched alkanes of at least 4 members (excludes halogenated alkanes) is 2. The molecule has 0 aliphatic heterocycles. The van der Waals surface area contributed by atoms with E-state index in [1.54, 1.807) is 11.8 Å². The lowest BCUT2D eigenvalue weighted by atomic mass is 10.2. The fourth-order valence-corrected chi connectivity index (χ4v) is 0.951. The van der Waals surface area contributed by atoms with Gasteiger partial charge in [0, 0.05) is 12.7 Å². The summed E-state index contributed by atoms with van der Waals surface area (Å²) in [5, 5.41) is 0. The van der Waals surface area contributed by atoms with Crippen LogP contribution >= 0.6 is 11.8 Å². The Hall–Kier alpha value is -0.0900. The molecular weight excluding hydrogens is 128 g/mol. The fourth-order valence-electron chi connectivity index (χ4n) is 0.543. The number of rotatable bonds is 4. The van der Waals surface area contributed by atoms with Crippen LogP contribution in [0.2, 0.25) is 0 Å². The third kappa shape index (κ3) is 7.91. The van der Waals surface area contributed by atoms with Crippen LogP contribution in [0.4, 0.5) is 0 Å². The zero-order valence-electron chi connectivity index (χ0n) is 5.94. The van der Waals surface area contributed by atoms with Crippen molar-refractivity contribution in [3.8, 4) is 11.8 Å². The second-order valence-electron chi connectivity index (χ2n) is 1.79. The second kappa shape index (κ2) is 7.91. The highest BCUT2D eigenvalue weighted by Crippen LogP contribution is 2.02.